The molecule has 0 saturated carbocycles. The summed E-state index contributed by atoms with van der Waals surface area (Å²) in [5.41, 5.74) is 0. The number of hydrogen-bond donors (Lipinski definition) is 2. The molecule has 2 amide bonds. The summed E-state index contributed by atoms with van der Waals surface area (Å²) in [4.78, 5) is 26.9. The van der Waals surface area contributed by atoms with Crippen LogP contribution in [0.25, 0.3) is 0 Å². The molecule has 0 aromatic heterocycles. The molecule has 3 atom stereocenters. The molecule has 2 fully saturated rings. The van der Waals surface area contributed by atoms with E-state index < -0.39 is 0 Å². The molecule has 7 heteroatoms. The molecular formula is C20H30ClN3O3. The molecule has 6 nitrogen and oxygen atoms in total. The fraction of sp³-hybridized carbons (Fsp3) is 0.600. The van der Waals surface area contributed by atoms with Crippen LogP contribution in [0.3, 0.4) is 0 Å². The fourth-order valence-electron chi connectivity index (χ4n) is 3.70. The van der Waals surface area contributed by atoms with Crippen LogP contribution in [-0.2, 0) is 9.59 Å². The SMILES string of the molecule is CC1CNCCC1NC(=O)C1CCCN(C(=O)COc2ccccc2)C1.Cl. The standard InChI is InChI=1S/C20H29N3O3.ClH/c1-15-12-21-10-9-18(15)22-20(25)16-6-5-11-23(13-16)19(24)14-26-17-7-3-2-4-8-17;/h2-4,7-8,15-16,18,21H,5-6,9-14H2,1H3,(H,22,25);1H. The van der Waals surface area contributed by atoms with Crippen molar-refractivity contribution in [1.82, 2.24) is 15.5 Å². The van der Waals surface area contributed by atoms with Crippen LogP contribution in [0.4, 0.5) is 0 Å². The molecule has 2 saturated heterocycles. The van der Waals surface area contributed by atoms with Crippen molar-refractivity contribution >= 4 is 24.2 Å². The summed E-state index contributed by atoms with van der Waals surface area (Å²) in [6, 6.07) is 9.56. The van der Waals surface area contributed by atoms with Crippen LogP contribution in [0.5, 0.6) is 5.75 Å². The van der Waals surface area contributed by atoms with Crippen LogP contribution >= 0.6 is 12.4 Å². The van der Waals surface area contributed by atoms with E-state index in [9.17, 15) is 9.59 Å². The molecule has 0 bridgehead atoms. The molecule has 3 rings (SSSR count). The number of ether oxygens (including phenoxy) is 1. The number of likely N-dealkylation sites (tertiary alicyclic amines) is 1. The molecule has 0 radical (unpaired) electrons. The van der Waals surface area contributed by atoms with Gasteiger partial charge in [-0.05, 0) is 50.4 Å². The molecule has 2 aliphatic heterocycles. The minimum absolute atomic E-state index is 0. The van der Waals surface area contributed by atoms with Crippen molar-refractivity contribution < 1.29 is 14.3 Å². The normalized spacial score (nSPS) is 25.2. The van der Waals surface area contributed by atoms with E-state index in [4.69, 9.17) is 4.74 Å². The van der Waals surface area contributed by atoms with Crippen LogP contribution in [0.1, 0.15) is 26.2 Å². The summed E-state index contributed by atoms with van der Waals surface area (Å²) in [6.45, 7) is 5.25. The second kappa shape index (κ2) is 10.5. The highest BCUT2D eigenvalue weighted by molar-refractivity contribution is 5.85. The van der Waals surface area contributed by atoms with Crippen LogP contribution in [-0.4, -0.2) is 55.5 Å². The van der Waals surface area contributed by atoms with Gasteiger partial charge in [-0.15, -0.1) is 12.4 Å². The van der Waals surface area contributed by atoms with Gasteiger partial charge in [0.25, 0.3) is 5.91 Å². The van der Waals surface area contributed by atoms with E-state index in [1.807, 2.05) is 30.3 Å². The maximum atomic E-state index is 12.7. The lowest BCUT2D eigenvalue weighted by Crippen LogP contribution is -2.52. The van der Waals surface area contributed by atoms with Crippen LogP contribution in [0, 0.1) is 11.8 Å². The minimum atomic E-state index is -0.119. The Morgan fingerprint density at radius 3 is 2.78 bits per heavy atom. The van der Waals surface area contributed by atoms with Gasteiger partial charge in [0, 0.05) is 19.1 Å². The Morgan fingerprint density at radius 1 is 1.26 bits per heavy atom. The Morgan fingerprint density at radius 2 is 2.04 bits per heavy atom. The molecule has 150 valence electrons. The van der Waals surface area contributed by atoms with E-state index in [1.54, 1.807) is 4.90 Å². The monoisotopic (exact) mass is 395 g/mol. The zero-order valence-corrected chi connectivity index (χ0v) is 16.7. The molecule has 2 N–H and O–H groups in total. The van der Waals surface area contributed by atoms with E-state index >= 15 is 0 Å². The first-order valence-corrected chi connectivity index (χ1v) is 9.60. The second-order valence-corrected chi connectivity index (χ2v) is 7.37. The number of carbonyl (C=O) groups excluding carboxylic acids is 2. The predicted octanol–water partition coefficient (Wildman–Crippen LogP) is 1.84. The number of carbonyl (C=O) groups is 2. The summed E-state index contributed by atoms with van der Waals surface area (Å²) in [6.07, 6.45) is 2.67. The van der Waals surface area contributed by atoms with Crippen molar-refractivity contribution in [3.63, 3.8) is 0 Å². The molecular weight excluding hydrogens is 366 g/mol. The van der Waals surface area contributed by atoms with Crippen molar-refractivity contribution in [2.75, 3.05) is 32.8 Å². The first-order chi connectivity index (χ1) is 12.6. The average Bonchev–Trinajstić information content (AvgIpc) is 2.69. The van der Waals surface area contributed by atoms with Crippen molar-refractivity contribution in [3.05, 3.63) is 30.3 Å². The summed E-state index contributed by atoms with van der Waals surface area (Å²) in [5, 5.41) is 6.56. The van der Waals surface area contributed by atoms with Crippen molar-refractivity contribution in [2.45, 2.75) is 32.2 Å². The number of nitrogens with zero attached hydrogens (tertiary/aromatic N) is 1. The number of rotatable bonds is 5. The van der Waals surface area contributed by atoms with Gasteiger partial charge in [0.15, 0.2) is 6.61 Å². The Labute approximate surface area is 167 Å². The number of nitrogens with one attached hydrogen (secondary N) is 2. The summed E-state index contributed by atoms with van der Waals surface area (Å²) >= 11 is 0. The molecule has 2 aliphatic rings. The molecule has 0 aliphatic carbocycles. The molecule has 1 aromatic rings. The first kappa shape index (κ1) is 21.5. The van der Waals surface area contributed by atoms with E-state index in [-0.39, 0.29) is 42.8 Å². The Kier molecular flexibility index (Phi) is 8.38. The number of benzene rings is 1. The van der Waals surface area contributed by atoms with Gasteiger partial charge >= 0.3 is 0 Å². The third-order valence-electron chi connectivity index (χ3n) is 5.36. The highest BCUT2D eigenvalue weighted by Gasteiger charge is 2.31. The average molecular weight is 396 g/mol. The minimum Gasteiger partial charge on any atom is -0.484 e. The van der Waals surface area contributed by atoms with Crippen LogP contribution in [0.2, 0.25) is 0 Å². The van der Waals surface area contributed by atoms with Gasteiger partial charge in [-0.2, -0.15) is 0 Å². The molecule has 1 aromatic carbocycles. The topological polar surface area (TPSA) is 70.7 Å². The van der Waals surface area contributed by atoms with E-state index in [1.165, 1.54) is 0 Å². The third kappa shape index (κ3) is 6.11. The van der Waals surface area contributed by atoms with Gasteiger partial charge in [-0.1, -0.05) is 25.1 Å². The van der Waals surface area contributed by atoms with E-state index in [0.29, 0.717) is 24.8 Å². The van der Waals surface area contributed by atoms with Crippen LogP contribution in [0.15, 0.2) is 30.3 Å². The Balaban J connectivity index is 0.00000261. The van der Waals surface area contributed by atoms with E-state index in [0.717, 1.165) is 32.4 Å². The first-order valence-electron chi connectivity index (χ1n) is 9.60. The fourth-order valence-corrected chi connectivity index (χ4v) is 3.70. The highest BCUT2D eigenvalue weighted by atomic mass is 35.5. The lowest BCUT2D eigenvalue weighted by atomic mass is 9.92. The number of halogens is 1. The number of amides is 2. The van der Waals surface area contributed by atoms with Crippen molar-refractivity contribution in [3.8, 4) is 5.75 Å². The number of para-hydroxylation sites is 1. The van der Waals surface area contributed by atoms with Crippen molar-refractivity contribution in [1.29, 1.82) is 0 Å². The van der Waals surface area contributed by atoms with Crippen LogP contribution < -0.4 is 15.4 Å². The smallest absolute Gasteiger partial charge is 0.260 e. The summed E-state index contributed by atoms with van der Waals surface area (Å²) in [5.74, 6) is 1.04. The number of hydrogen-bond acceptors (Lipinski definition) is 4. The molecule has 3 unspecified atom stereocenters. The van der Waals surface area contributed by atoms with Gasteiger partial charge in [0.2, 0.25) is 5.91 Å². The van der Waals surface area contributed by atoms with Gasteiger partial charge < -0.3 is 20.3 Å². The lowest BCUT2D eigenvalue weighted by Gasteiger charge is -2.35. The maximum absolute atomic E-state index is 12.7. The van der Waals surface area contributed by atoms with Gasteiger partial charge in [0.05, 0.1) is 5.92 Å². The second-order valence-electron chi connectivity index (χ2n) is 7.37. The zero-order valence-electron chi connectivity index (χ0n) is 15.9. The van der Waals surface area contributed by atoms with Gasteiger partial charge in [-0.3, -0.25) is 9.59 Å². The lowest BCUT2D eigenvalue weighted by molar-refractivity contribution is -0.137. The largest absolute Gasteiger partial charge is 0.484 e. The Bertz CT molecular complexity index is 614. The van der Waals surface area contributed by atoms with Gasteiger partial charge in [-0.25, -0.2) is 0 Å². The predicted molar refractivity (Wildman–Crippen MR) is 107 cm³/mol. The highest BCUT2D eigenvalue weighted by Crippen LogP contribution is 2.19. The van der Waals surface area contributed by atoms with Gasteiger partial charge in [0.1, 0.15) is 5.75 Å². The molecule has 2 heterocycles. The molecule has 0 spiro atoms. The third-order valence-corrected chi connectivity index (χ3v) is 5.36. The zero-order chi connectivity index (χ0) is 18.4. The Hall–Kier alpha value is -1.79. The molecule has 27 heavy (non-hydrogen) atoms. The summed E-state index contributed by atoms with van der Waals surface area (Å²) in [7, 11) is 0. The summed E-state index contributed by atoms with van der Waals surface area (Å²) < 4.78 is 5.55. The maximum Gasteiger partial charge on any atom is 0.260 e. The number of piperidine rings is 2. The van der Waals surface area contributed by atoms with E-state index in [2.05, 4.69) is 17.6 Å². The van der Waals surface area contributed by atoms with Crippen molar-refractivity contribution in [2.24, 2.45) is 11.8 Å². The quantitative estimate of drug-likeness (QED) is 0.798.